The molecule has 4 rings (SSSR count). The molecule has 0 aliphatic carbocycles. The van der Waals surface area contributed by atoms with E-state index >= 15 is 0 Å². The summed E-state index contributed by atoms with van der Waals surface area (Å²) in [6.45, 7) is 6.54. The van der Waals surface area contributed by atoms with E-state index in [1.807, 2.05) is 18.5 Å². The number of sulfonamides is 1. The van der Waals surface area contributed by atoms with Gasteiger partial charge in [-0.05, 0) is 54.8 Å². The van der Waals surface area contributed by atoms with Gasteiger partial charge in [0.1, 0.15) is 0 Å². The van der Waals surface area contributed by atoms with Crippen LogP contribution in [0.1, 0.15) is 16.7 Å². The minimum Gasteiger partial charge on any atom is -0.379 e. The molecule has 142 valence electrons. The van der Waals surface area contributed by atoms with Crippen LogP contribution in [0, 0.1) is 13.8 Å². The van der Waals surface area contributed by atoms with Crippen molar-refractivity contribution in [1.29, 1.82) is 0 Å². The third-order valence-electron chi connectivity index (χ3n) is 5.12. The molecule has 1 aromatic heterocycles. The van der Waals surface area contributed by atoms with Gasteiger partial charge in [-0.1, -0.05) is 12.1 Å². The maximum atomic E-state index is 12.7. The van der Waals surface area contributed by atoms with E-state index in [1.54, 1.807) is 12.1 Å². The summed E-state index contributed by atoms with van der Waals surface area (Å²) in [4.78, 5) is 4.81. The fraction of sp³-hybridized carbons (Fsp3) is 0.350. The van der Waals surface area contributed by atoms with Crippen LogP contribution in [0.15, 0.2) is 47.6 Å². The van der Waals surface area contributed by atoms with Crippen molar-refractivity contribution in [3.8, 4) is 0 Å². The zero-order chi connectivity index (χ0) is 19.0. The van der Waals surface area contributed by atoms with E-state index < -0.39 is 10.0 Å². The number of rotatable bonds is 4. The molecule has 2 heterocycles. The second-order valence-corrected chi connectivity index (χ2v) is 8.90. The number of fused-ring (bicyclic) bond motifs is 1. The fourth-order valence-corrected chi connectivity index (χ4v) is 4.75. The topological polar surface area (TPSA) is 64.4 Å². The Balaban J connectivity index is 1.57. The number of aryl methyl sites for hydroxylation is 2. The number of ether oxygens (including phenoxy) is 1. The molecule has 1 fully saturated rings. The van der Waals surface area contributed by atoms with Crippen molar-refractivity contribution in [2.75, 3.05) is 26.3 Å². The first-order valence-corrected chi connectivity index (χ1v) is 10.5. The van der Waals surface area contributed by atoms with Gasteiger partial charge in [0.25, 0.3) is 0 Å². The molecular formula is C20H23N3O3S. The van der Waals surface area contributed by atoms with E-state index in [9.17, 15) is 8.42 Å². The molecule has 2 aromatic carbocycles. The van der Waals surface area contributed by atoms with E-state index in [0.29, 0.717) is 37.7 Å². The van der Waals surface area contributed by atoms with Crippen molar-refractivity contribution in [1.82, 2.24) is 13.9 Å². The van der Waals surface area contributed by atoms with Crippen LogP contribution in [0.25, 0.3) is 11.0 Å². The molecule has 3 aromatic rings. The molecular weight excluding hydrogens is 362 g/mol. The highest BCUT2D eigenvalue weighted by Gasteiger charge is 2.26. The van der Waals surface area contributed by atoms with Crippen molar-refractivity contribution in [2.24, 2.45) is 0 Å². The van der Waals surface area contributed by atoms with Crippen molar-refractivity contribution in [2.45, 2.75) is 25.3 Å². The van der Waals surface area contributed by atoms with Gasteiger partial charge in [0, 0.05) is 19.6 Å². The number of hydrogen-bond donors (Lipinski definition) is 0. The lowest BCUT2D eigenvalue weighted by molar-refractivity contribution is 0.0730. The van der Waals surface area contributed by atoms with Crippen LogP contribution < -0.4 is 0 Å². The van der Waals surface area contributed by atoms with Gasteiger partial charge in [-0.15, -0.1) is 0 Å². The second kappa shape index (κ2) is 7.07. The first-order chi connectivity index (χ1) is 12.9. The van der Waals surface area contributed by atoms with Crippen LogP contribution in [0.4, 0.5) is 0 Å². The summed E-state index contributed by atoms with van der Waals surface area (Å²) < 4.78 is 34.3. The smallest absolute Gasteiger partial charge is 0.243 e. The van der Waals surface area contributed by atoms with Crippen molar-refractivity contribution in [3.05, 3.63) is 59.4 Å². The number of aromatic nitrogens is 2. The minimum absolute atomic E-state index is 0.329. The maximum absolute atomic E-state index is 12.7. The molecule has 1 aliphatic heterocycles. The summed E-state index contributed by atoms with van der Waals surface area (Å²) >= 11 is 0. The Morgan fingerprint density at radius 2 is 1.70 bits per heavy atom. The predicted octanol–water partition coefficient (Wildman–Crippen LogP) is 2.72. The molecule has 1 aliphatic rings. The summed E-state index contributed by atoms with van der Waals surface area (Å²) in [5.41, 5.74) is 5.56. The maximum Gasteiger partial charge on any atom is 0.243 e. The van der Waals surface area contributed by atoms with Crippen LogP contribution in [0.3, 0.4) is 0 Å². The van der Waals surface area contributed by atoms with Gasteiger partial charge in [0.2, 0.25) is 10.0 Å². The lowest BCUT2D eigenvalue weighted by Crippen LogP contribution is -2.40. The average Bonchev–Trinajstić information content (AvgIpc) is 3.05. The van der Waals surface area contributed by atoms with E-state index in [2.05, 4.69) is 35.5 Å². The lowest BCUT2D eigenvalue weighted by atomic mass is 10.1. The molecule has 0 bridgehead atoms. The Morgan fingerprint density at radius 1 is 1.04 bits per heavy atom. The van der Waals surface area contributed by atoms with E-state index in [0.717, 1.165) is 16.6 Å². The zero-order valence-corrected chi connectivity index (χ0v) is 16.4. The lowest BCUT2D eigenvalue weighted by Gasteiger charge is -2.26. The van der Waals surface area contributed by atoms with Crippen molar-refractivity contribution in [3.63, 3.8) is 0 Å². The molecule has 0 N–H and O–H groups in total. The second-order valence-electron chi connectivity index (χ2n) is 6.96. The van der Waals surface area contributed by atoms with Gasteiger partial charge in [0.15, 0.2) is 0 Å². The number of hydrogen-bond acceptors (Lipinski definition) is 4. The molecule has 0 amide bonds. The first kappa shape index (κ1) is 18.2. The van der Waals surface area contributed by atoms with Crippen LogP contribution >= 0.6 is 0 Å². The summed E-state index contributed by atoms with van der Waals surface area (Å²) in [5.74, 6) is 0. The molecule has 27 heavy (non-hydrogen) atoms. The monoisotopic (exact) mass is 385 g/mol. The third-order valence-corrected chi connectivity index (χ3v) is 7.03. The molecule has 0 atom stereocenters. The van der Waals surface area contributed by atoms with Crippen LogP contribution in [0.5, 0.6) is 0 Å². The zero-order valence-electron chi connectivity index (χ0n) is 15.6. The number of benzene rings is 2. The average molecular weight is 385 g/mol. The Morgan fingerprint density at radius 3 is 2.41 bits per heavy atom. The van der Waals surface area contributed by atoms with Crippen LogP contribution in [-0.2, 0) is 21.3 Å². The highest BCUT2D eigenvalue weighted by molar-refractivity contribution is 7.89. The van der Waals surface area contributed by atoms with E-state index in [4.69, 9.17) is 4.74 Å². The molecule has 1 saturated heterocycles. The number of imidazole rings is 1. The standard InChI is InChI=1S/C20H23N3O3S/c1-15-11-19-20(12-16(15)2)22(14-21-19)13-17-3-5-18(6-4-17)27(24,25)23-7-9-26-10-8-23/h3-6,11-12,14H,7-10,13H2,1-2H3. The Hall–Kier alpha value is -2.22. The first-order valence-electron chi connectivity index (χ1n) is 9.04. The Bertz CT molecular complexity index is 1070. The van der Waals surface area contributed by atoms with Gasteiger partial charge in [0.05, 0.1) is 35.5 Å². The van der Waals surface area contributed by atoms with Gasteiger partial charge < -0.3 is 9.30 Å². The summed E-state index contributed by atoms with van der Waals surface area (Å²) in [5, 5.41) is 0. The molecule has 6 nitrogen and oxygen atoms in total. The van der Waals surface area contributed by atoms with Gasteiger partial charge >= 0.3 is 0 Å². The van der Waals surface area contributed by atoms with Crippen LogP contribution in [-0.4, -0.2) is 48.6 Å². The summed E-state index contributed by atoms with van der Waals surface area (Å²) in [6.07, 6.45) is 1.84. The quantitative estimate of drug-likeness (QED) is 0.693. The van der Waals surface area contributed by atoms with E-state index in [-0.39, 0.29) is 0 Å². The summed E-state index contributed by atoms with van der Waals surface area (Å²) in [6, 6.07) is 11.4. The van der Waals surface area contributed by atoms with Crippen molar-refractivity contribution >= 4 is 21.1 Å². The van der Waals surface area contributed by atoms with Gasteiger partial charge in [-0.2, -0.15) is 4.31 Å². The Kier molecular flexibility index (Phi) is 4.75. The largest absolute Gasteiger partial charge is 0.379 e. The van der Waals surface area contributed by atoms with Crippen LogP contribution in [0.2, 0.25) is 0 Å². The molecule has 0 unspecified atom stereocenters. The molecule has 7 heteroatoms. The minimum atomic E-state index is -3.45. The fourth-order valence-electron chi connectivity index (χ4n) is 3.34. The number of morpholine rings is 1. The third kappa shape index (κ3) is 3.50. The normalized spacial score (nSPS) is 16.1. The highest BCUT2D eigenvalue weighted by Crippen LogP contribution is 2.21. The van der Waals surface area contributed by atoms with Crippen molar-refractivity contribution < 1.29 is 13.2 Å². The van der Waals surface area contributed by atoms with Gasteiger partial charge in [-0.3, -0.25) is 0 Å². The SMILES string of the molecule is Cc1cc2ncn(Cc3ccc(S(=O)(=O)N4CCOCC4)cc3)c2cc1C. The molecule has 0 radical (unpaired) electrons. The summed E-state index contributed by atoms with van der Waals surface area (Å²) in [7, 11) is -3.45. The Labute approximate surface area is 159 Å². The predicted molar refractivity (Wildman–Crippen MR) is 104 cm³/mol. The molecule has 0 saturated carbocycles. The number of nitrogens with zero attached hydrogens (tertiary/aromatic N) is 3. The van der Waals surface area contributed by atoms with Gasteiger partial charge in [-0.25, -0.2) is 13.4 Å². The molecule has 0 spiro atoms. The highest BCUT2D eigenvalue weighted by atomic mass is 32.2. The van der Waals surface area contributed by atoms with E-state index in [1.165, 1.54) is 15.4 Å².